The summed E-state index contributed by atoms with van der Waals surface area (Å²) in [4.78, 5) is 25.0. The van der Waals surface area contributed by atoms with E-state index in [0.29, 0.717) is 22.7 Å². The quantitative estimate of drug-likeness (QED) is 0.619. The number of hydrogen-bond acceptors (Lipinski definition) is 5. The van der Waals surface area contributed by atoms with Gasteiger partial charge in [-0.1, -0.05) is 6.07 Å². The molecule has 1 aromatic heterocycles. The first kappa shape index (κ1) is 20.0. The molecule has 1 N–H and O–H groups in total. The van der Waals surface area contributed by atoms with Crippen molar-refractivity contribution in [2.75, 3.05) is 19.5 Å². The predicted molar refractivity (Wildman–Crippen MR) is 109 cm³/mol. The highest BCUT2D eigenvalue weighted by Gasteiger charge is 2.21. The molecule has 1 atom stereocenters. The van der Waals surface area contributed by atoms with Crippen molar-refractivity contribution in [1.29, 1.82) is 0 Å². The van der Waals surface area contributed by atoms with Crippen LogP contribution < -0.4 is 14.8 Å². The van der Waals surface area contributed by atoms with E-state index in [9.17, 15) is 9.59 Å². The molecule has 3 aromatic rings. The molecule has 1 heterocycles. The van der Waals surface area contributed by atoms with Crippen LogP contribution >= 0.6 is 0 Å². The summed E-state index contributed by atoms with van der Waals surface area (Å²) in [6, 6.07) is 15.8. The minimum atomic E-state index is -1.01. The van der Waals surface area contributed by atoms with Crippen LogP contribution in [0.2, 0.25) is 0 Å². The van der Waals surface area contributed by atoms with Gasteiger partial charge in [-0.3, -0.25) is 4.79 Å². The van der Waals surface area contributed by atoms with Crippen LogP contribution in [0.25, 0.3) is 5.69 Å². The van der Waals surface area contributed by atoms with Crippen LogP contribution in [-0.4, -0.2) is 36.8 Å². The molecule has 0 radical (unpaired) electrons. The average molecular weight is 394 g/mol. The smallest absolute Gasteiger partial charge is 0.338 e. The van der Waals surface area contributed by atoms with E-state index in [-0.39, 0.29) is 0 Å². The summed E-state index contributed by atoms with van der Waals surface area (Å²) in [6.07, 6.45) is 2.75. The predicted octanol–water partition coefficient (Wildman–Crippen LogP) is 3.68. The Morgan fingerprint density at radius 2 is 1.72 bits per heavy atom. The van der Waals surface area contributed by atoms with Crippen molar-refractivity contribution in [3.05, 3.63) is 72.6 Å². The number of methoxy groups -OCH3 is 2. The van der Waals surface area contributed by atoms with E-state index in [0.717, 1.165) is 5.69 Å². The zero-order chi connectivity index (χ0) is 20.8. The van der Waals surface area contributed by atoms with Gasteiger partial charge in [0.05, 0.1) is 25.5 Å². The summed E-state index contributed by atoms with van der Waals surface area (Å²) in [7, 11) is 3.03. The Bertz CT molecular complexity index is 998. The highest BCUT2D eigenvalue weighted by molar-refractivity contribution is 5.98. The summed E-state index contributed by atoms with van der Waals surface area (Å²) >= 11 is 0. The van der Waals surface area contributed by atoms with Gasteiger partial charge >= 0.3 is 5.97 Å². The lowest BCUT2D eigenvalue weighted by Crippen LogP contribution is -2.30. The molecule has 0 spiro atoms. The van der Waals surface area contributed by atoms with Crippen molar-refractivity contribution in [2.45, 2.75) is 13.0 Å². The standard InChI is InChI=1S/C22H22N2O5/c1-15(21(25)23-19-14-18(27-2)9-10-20(19)28-3)29-22(26)16-7-6-8-17(13-16)24-11-4-5-12-24/h4-15H,1-3H3,(H,23,25). The second kappa shape index (κ2) is 8.97. The topological polar surface area (TPSA) is 78.8 Å². The van der Waals surface area contributed by atoms with Crippen LogP contribution in [0.1, 0.15) is 17.3 Å². The lowest BCUT2D eigenvalue weighted by molar-refractivity contribution is -0.123. The molecule has 1 amide bonds. The molecular formula is C22H22N2O5. The number of benzene rings is 2. The van der Waals surface area contributed by atoms with E-state index < -0.39 is 18.0 Å². The number of esters is 1. The Morgan fingerprint density at radius 3 is 2.41 bits per heavy atom. The molecule has 7 heteroatoms. The molecule has 29 heavy (non-hydrogen) atoms. The monoisotopic (exact) mass is 394 g/mol. The molecule has 0 saturated heterocycles. The molecule has 0 fully saturated rings. The van der Waals surface area contributed by atoms with Gasteiger partial charge in [0, 0.05) is 24.1 Å². The molecule has 150 valence electrons. The first-order chi connectivity index (χ1) is 14.0. The van der Waals surface area contributed by atoms with Gasteiger partial charge in [-0.2, -0.15) is 0 Å². The van der Waals surface area contributed by atoms with Crippen molar-refractivity contribution >= 4 is 17.6 Å². The third-order valence-electron chi connectivity index (χ3n) is 4.30. The van der Waals surface area contributed by atoms with E-state index in [4.69, 9.17) is 14.2 Å². The summed E-state index contributed by atoms with van der Waals surface area (Å²) < 4.78 is 17.6. The van der Waals surface area contributed by atoms with Gasteiger partial charge in [-0.05, 0) is 49.4 Å². The number of nitrogens with zero attached hydrogens (tertiary/aromatic N) is 1. The normalized spacial score (nSPS) is 11.4. The third kappa shape index (κ3) is 4.76. The number of hydrogen-bond donors (Lipinski definition) is 1. The van der Waals surface area contributed by atoms with Gasteiger partial charge < -0.3 is 24.1 Å². The van der Waals surface area contributed by atoms with Gasteiger partial charge in [-0.25, -0.2) is 4.79 Å². The van der Waals surface area contributed by atoms with Crippen molar-refractivity contribution in [1.82, 2.24) is 4.57 Å². The maximum atomic E-state index is 12.5. The van der Waals surface area contributed by atoms with E-state index in [1.165, 1.54) is 21.1 Å². The fourth-order valence-corrected chi connectivity index (χ4v) is 2.73. The number of carbonyl (C=O) groups excluding carboxylic acids is 2. The summed E-state index contributed by atoms with van der Waals surface area (Å²) in [5.41, 5.74) is 1.60. The van der Waals surface area contributed by atoms with Gasteiger partial charge in [0.25, 0.3) is 5.91 Å². The maximum Gasteiger partial charge on any atom is 0.338 e. The molecule has 0 bridgehead atoms. The molecule has 3 rings (SSSR count). The molecule has 0 aliphatic heterocycles. The van der Waals surface area contributed by atoms with E-state index in [1.807, 2.05) is 35.2 Å². The van der Waals surface area contributed by atoms with Crippen molar-refractivity contribution in [3.8, 4) is 17.2 Å². The largest absolute Gasteiger partial charge is 0.497 e. The number of amides is 1. The van der Waals surface area contributed by atoms with Gasteiger partial charge in [0.2, 0.25) is 0 Å². The zero-order valence-corrected chi connectivity index (χ0v) is 16.4. The average Bonchev–Trinajstić information content (AvgIpc) is 3.28. The number of aromatic nitrogens is 1. The van der Waals surface area contributed by atoms with Crippen molar-refractivity contribution in [2.24, 2.45) is 0 Å². The number of carbonyl (C=O) groups is 2. The van der Waals surface area contributed by atoms with Gasteiger partial charge in [-0.15, -0.1) is 0 Å². The molecule has 0 aliphatic carbocycles. The summed E-state index contributed by atoms with van der Waals surface area (Å²) in [6.45, 7) is 1.51. The SMILES string of the molecule is COc1ccc(OC)c(NC(=O)C(C)OC(=O)c2cccc(-n3cccc3)c2)c1. The highest BCUT2D eigenvalue weighted by atomic mass is 16.5. The van der Waals surface area contributed by atoms with E-state index >= 15 is 0 Å². The summed E-state index contributed by atoms with van der Waals surface area (Å²) in [5, 5.41) is 2.70. The van der Waals surface area contributed by atoms with Crippen molar-refractivity contribution < 1.29 is 23.8 Å². The molecular weight excluding hydrogens is 372 g/mol. The first-order valence-electron chi connectivity index (χ1n) is 8.99. The van der Waals surface area contributed by atoms with Crippen molar-refractivity contribution in [3.63, 3.8) is 0 Å². The molecule has 0 saturated carbocycles. The Morgan fingerprint density at radius 1 is 0.966 bits per heavy atom. The van der Waals surface area contributed by atoms with E-state index in [2.05, 4.69) is 5.32 Å². The molecule has 7 nitrogen and oxygen atoms in total. The second-order valence-electron chi connectivity index (χ2n) is 6.24. The van der Waals surface area contributed by atoms with E-state index in [1.54, 1.807) is 36.4 Å². The van der Waals surface area contributed by atoms with Gasteiger partial charge in [0.15, 0.2) is 6.10 Å². The van der Waals surface area contributed by atoms with Crippen LogP contribution in [0.15, 0.2) is 67.0 Å². The fourth-order valence-electron chi connectivity index (χ4n) is 2.73. The van der Waals surface area contributed by atoms with Crippen LogP contribution in [0.4, 0.5) is 5.69 Å². The maximum absolute atomic E-state index is 12.5. The molecule has 0 aliphatic rings. The lowest BCUT2D eigenvalue weighted by atomic mass is 10.2. The Kier molecular flexibility index (Phi) is 6.19. The number of rotatable bonds is 7. The Labute approximate surface area is 168 Å². The Balaban J connectivity index is 1.68. The third-order valence-corrected chi connectivity index (χ3v) is 4.30. The minimum absolute atomic E-state index is 0.356. The van der Waals surface area contributed by atoms with Crippen LogP contribution in [0, 0.1) is 0 Å². The van der Waals surface area contributed by atoms with Gasteiger partial charge in [0.1, 0.15) is 11.5 Å². The number of ether oxygens (including phenoxy) is 3. The number of anilines is 1. The second-order valence-corrected chi connectivity index (χ2v) is 6.24. The fraction of sp³-hybridized carbons (Fsp3) is 0.182. The molecule has 2 aromatic carbocycles. The minimum Gasteiger partial charge on any atom is -0.497 e. The lowest BCUT2D eigenvalue weighted by Gasteiger charge is -2.16. The van der Waals surface area contributed by atoms with Crippen LogP contribution in [0.3, 0.4) is 0 Å². The number of nitrogens with one attached hydrogen (secondary N) is 1. The molecule has 1 unspecified atom stereocenters. The zero-order valence-electron chi connectivity index (χ0n) is 16.4. The highest BCUT2D eigenvalue weighted by Crippen LogP contribution is 2.29. The first-order valence-corrected chi connectivity index (χ1v) is 8.99. The summed E-state index contributed by atoms with van der Waals surface area (Å²) in [5.74, 6) is -0.0320. The van der Waals surface area contributed by atoms with Crippen LogP contribution in [0.5, 0.6) is 11.5 Å². The Hall–Kier alpha value is -3.74. The van der Waals surface area contributed by atoms with Crippen LogP contribution in [-0.2, 0) is 9.53 Å².